The molecule has 1 saturated heterocycles. The molecule has 5 nitrogen and oxygen atoms in total. The van der Waals surface area contributed by atoms with Crippen LogP contribution in [-0.2, 0) is 23.1 Å². The zero-order valence-electron chi connectivity index (χ0n) is 14.4. The van der Waals surface area contributed by atoms with Gasteiger partial charge in [-0.05, 0) is 36.5 Å². The third-order valence-electron chi connectivity index (χ3n) is 5.71. The van der Waals surface area contributed by atoms with Gasteiger partial charge in [-0.2, -0.15) is 4.98 Å². The maximum Gasteiger partial charge on any atom is 0.227 e. The molecular weight excluding hydrogens is 338 g/mol. The van der Waals surface area contributed by atoms with Crippen LogP contribution in [0.2, 0.25) is 5.02 Å². The average molecular weight is 360 g/mol. The molecule has 1 amide bonds. The maximum absolute atomic E-state index is 12.8. The highest BCUT2D eigenvalue weighted by molar-refractivity contribution is 6.30. The van der Waals surface area contributed by atoms with Gasteiger partial charge in [0.1, 0.15) is 0 Å². The molecule has 1 saturated carbocycles. The average Bonchev–Trinajstić information content (AvgIpc) is 3.30. The third kappa shape index (κ3) is 2.95. The first kappa shape index (κ1) is 16.6. The number of carbonyl (C=O) groups is 1. The fourth-order valence-electron chi connectivity index (χ4n) is 4.33. The first-order valence-electron chi connectivity index (χ1n) is 8.96. The highest BCUT2D eigenvalue weighted by Gasteiger charge is 2.54. The summed E-state index contributed by atoms with van der Waals surface area (Å²) >= 11 is 5.92. The number of likely N-dealkylation sites (tertiary alicyclic amines) is 1. The van der Waals surface area contributed by atoms with E-state index in [1.54, 1.807) is 0 Å². The van der Waals surface area contributed by atoms with E-state index in [2.05, 4.69) is 10.1 Å². The zero-order chi connectivity index (χ0) is 17.4. The minimum absolute atomic E-state index is 0.118. The maximum atomic E-state index is 12.8. The second kappa shape index (κ2) is 6.45. The third-order valence-corrected chi connectivity index (χ3v) is 5.96. The highest BCUT2D eigenvalue weighted by atomic mass is 35.5. The van der Waals surface area contributed by atoms with Gasteiger partial charge >= 0.3 is 0 Å². The van der Waals surface area contributed by atoms with Gasteiger partial charge in [0.25, 0.3) is 0 Å². The molecule has 6 heteroatoms. The molecule has 1 aliphatic heterocycles. The van der Waals surface area contributed by atoms with Crippen molar-refractivity contribution in [3.63, 3.8) is 0 Å². The van der Waals surface area contributed by atoms with Gasteiger partial charge in [0, 0.05) is 24.5 Å². The number of hydrogen-bond donors (Lipinski definition) is 0. The number of nitrogens with zero attached hydrogens (tertiary/aromatic N) is 3. The van der Waals surface area contributed by atoms with Gasteiger partial charge < -0.3 is 9.42 Å². The predicted molar refractivity (Wildman–Crippen MR) is 94.4 cm³/mol. The van der Waals surface area contributed by atoms with Crippen LogP contribution in [0.3, 0.4) is 0 Å². The summed E-state index contributed by atoms with van der Waals surface area (Å²) in [5, 5.41) is 4.94. The van der Waals surface area contributed by atoms with Crippen LogP contribution < -0.4 is 0 Å². The topological polar surface area (TPSA) is 59.2 Å². The van der Waals surface area contributed by atoms with Crippen molar-refractivity contribution in [2.75, 3.05) is 13.1 Å². The van der Waals surface area contributed by atoms with Gasteiger partial charge in [-0.15, -0.1) is 0 Å². The van der Waals surface area contributed by atoms with E-state index in [4.69, 9.17) is 16.1 Å². The number of benzene rings is 1. The summed E-state index contributed by atoms with van der Waals surface area (Å²) in [6.45, 7) is 3.51. The number of amides is 1. The molecule has 2 aliphatic rings. The van der Waals surface area contributed by atoms with Crippen LogP contribution >= 0.6 is 11.6 Å². The van der Waals surface area contributed by atoms with Crippen LogP contribution in [0.5, 0.6) is 0 Å². The highest BCUT2D eigenvalue weighted by Crippen LogP contribution is 2.49. The van der Waals surface area contributed by atoms with Gasteiger partial charge in [0.15, 0.2) is 5.82 Å². The molecule has 2 aromatic rings. The van der Waals surface area contributed by atoms with Gasteiger partial charge in [-0.25, -0.2) is 0 Å². The Labute approximate surface area is 152 Å². The quantitative estimate of drug-likeness (QED) is 0.839. The van der Waals surface area contributed by atoms with Gasteiger partial charge in [0.2, 0.25) is 11.8 Å². The Morgan fingerprint density at radius 1 is 1.40 bits per heavy atom. The van der Waals surface area contributed by atoms with E-state index in [0.29, 0.717) is 29.8 Å². The Hall–Kier alpha value is -1.88. The lowest BCUT2D eigenvalue weighted by molar-refractivity contribution is -0.129. The summed E-state index contributed by atoms with van der Waals surface area (Å²) in [5.41, 5.74) is 0.875. The van der Waals surface area contributed by atoms with E-state index in [0.717, 1.165) is 37.2 Å². The molecule has 1 aromatic carbocycles. The molecule has 1 aromatic heterocycles. The van der Waals surface area contributed by atoms with E-state index >= 15 is 0 Å². The lowest BCUT2D eigenvalue weighted by Crippen LogP contribution is -2.36. The van der Waals surface area contributed by atoms with Crippen LogP contribution in [0, 0.1) is 5.92 Å². The van der Waals surface area contributed by atoms with Crippen molar-refractivity contribution in [3.8, 4) is 0 Å². The monoisotopic (exact) mass is 359 g/mol. The molecule has 2 unspecified atom stereocenters. The zero-order valence-corrected chi connectivity index (χ0v) is 15.1. The normalized spacial score (nSPS) is 25.4. The van der Waals surface area contributed by atoms with Crippen molar-refractivity contribution in [3.05, 3.63) is 46.6 Å². The molecule has 2 fully saturated rings. The molecule has 0 bridgehead atoms. The summed E-state index contributed by atoms with van der Waals surface area (Å²) in [4.78, 5) is 19.4. The van der Waals surface area contributed by atoms with E-state index in [1.165, 1.54) is 6.42 Å². The van der Waals surface area contributed by atoms with Crippen LogP contribution in [-0.4, -0.2) is 34.0 Å². The van der Waals surface area contributed by atoms with Crippen molar-refractivity contribution in [2.45, 2.75) is 44.4 Å². The lowest BCUT2D eigenvalue weighted by atomic mass is 9.80. The smallest absolute Gasteiger partial charge is 0.227 e. The molecule has 0 spiro atoms. The van der Waals surface area contributed by atoms with Crippen molar-refractivity contribution < 1.29 is 9.32 Å². The molecule has 2 heterocycles. The number of hydrogen-bond acceptors (Lipinski definition) is 4. The number of halogens is 1. The van der Waals surface area contributed by atoms with E-state index in [-0.39, 0.29) is 11.3 Å². The Kier molecular flexibility index (Phi) is 4.28. The Morgan fingerprint density at radius 2 is 2.20 bits per heavy atom. The van der Waals surface area contributed by atoms with Crippen LogP contribution in [0.1, 0.15) is 43.5 Å². The second-order valence-electron chi connectivity index (χ2n) is 7.19. The van der Waals surface area contributed by atoms with Gasteiger partial charge in [-0.3, -0.25) is 4.79 Å². The standard InChI is InChI=1S/C19H22ClN3O2/c1-2-16-21-18(22-25-16)19-9-3-4-14(19)11-23(12-19)17(24)10-13-5-7-15(20)8-6-13/h5-8,14H,2-4,9-12H2,1H3. The Morgan fingerprint density at radius 3 is 2.92 bits per heavy atom. The predicted octanol–water partition coefficient (Wildman–Crippen LogP) is 3.41. The molecule has 2 atom stereocenters. The molecule has 25 heavy (non-hydrogen) atoms. The van der Waals surface area contributed by atoms with Crippen molar-refractivity contribution in [2.24, 2.45) is 5.92 Å². The summed E-state index contributed by atoms with van der Waals surface area (Å²) < 4.78 is 5.35. The fraction of sp³-hybridized carbons (Fsp3) is 0.526. The number of aromatic nitrogens is 2. The van der Waals surface area contributed by atoms with E-state index in [1.807, 2.05) is 36.1 Å². The first-order valence-corrected chi connectivity index (χ1v) is 9.34. The molecule has 0 N–H and O–H groups in total. The summed E-state index contributed by atoms with van der Waals surface area (Å²) in [7, 11) is 0. The number of aryl methyl sites for hydroxylation is 1. The Balaban J connectivity index is 1.52. The molecule has 132 valence electrons. The largest absolute Gasteiger partial charge is 0.341 e. The van der Waals surface area contributed by atoms with Crippen molar-refractivity contribution in [1.29, 1.82) is 0 Å². The van der Waals surface area contributed by atoms with Crippen molar-refractivity contribution >= 4 is 17.5 Å². The SMILES string of the molecule is CCc1nc(C23CCCC2CN(C(=O)Cc2ccc(Cl)cc2)C3)no1. The van der Waals surface area contributed by atoms with Crippen LogP contribution in [0.4, 0.5) is 0 Å². The van der Waals surface area contributed by atoms with Gasteiger partial charge in [-0.1, -0.05) is 42.2 Å². The molecule has 1 aliphatic carbocycles. The van der Waals surface area contributed by atoms with Crippen LogP contribution in [0.25, 0.3) is 0 Å². The number of rotatable bonds is 4. The Bertz CT molecular complexity index is 773. The second-order valence-corrected chi connectivity index (χ2v) is 7.62. The number of fused-ring (bicyclic) bond motifs is 1. The molecule has 0 radical (unpaired) electrons. The van der Waals surface area contributed by atoms with E-state index < -0.39 is 0 Å². The van der Waals surface area contributed by atoms with Gasteiger partial charge in [0.05, 0.1) is 11.8 Å². The molecular formula is C19H22ClN3O2. The minimum atomic E-state index is -0.118. The summed E-state index contributed by atoms with van der Waals surface area (Å²) in [6.07, 6.45) is 4.48. The first-order chi connectivity index (χ1) is 12.1. The summed E-state index contributed by atoms with van der Waals surface area (Å²) in [5.74, 6) is 2.08. The fourth-order valence-corrected chi connectivity index (χ4v) is 4.46. The van der Waals surface area contributed by atoms with E-state index in [9.17, 15) is 4.79 Å². The number of carbonyl (C=O) groups excluding carboxylic acids is 1. The van der Waals surface area contributed by atoms with Crippen molar-refractivity contribution in [1.82, 2.24) is 15.0 Å². The van der Waals surface area contributed by atoms with Crippen LogP contribution in [0.15, 0.2) is 28.8 Å². The molecule has 4 rings (SSSR count). The summed E-state index contributed by atoms with van der Waals surface area (Å²) in [6, 6.07) is 7.49. The lowest BCUT2D eigenvalue weighted by Gasteiger charge is -2.24. The minimum Gasteiger partial charge on any atom is -0.341 e.